The first-order chi connectivity index (χ1) is 14.5. The second-order valence-corrected chi connectivity index (χ2v) is 8.65. The molecule has 7 heteroatoms. The molecule has 1 amide bonds. The summed E-state index contributed by atoms with van der Waals surface area (Å²) in [6.07, 6.45) is 0.964. The summed E-state index contributed by atoms with van der Waals surface area (Å²) in [7, 11) is 0. The molecule has 0 aliphatic heterocycles. The Morgan fingerprint density at radius 3 is 2.19 bits per heavy atom. The van der Waals surface area contributed by atoms with Crippen molar-refractivity contribution in [3.63, 3.8) is 0 Å². The predicted octanol–water partition coefficient (Wildman–Crippen LogP) is 3.14. The van der Waals surface area contributed by atoms with E-state index in [1.54, 1.807) is 6.92 Å². The third-order valence-electron chi connectivity index (χ3n) is 5.40. The van der Waals surface area contributed by atoms with Gasteiger partial charge in [0.25, 0.3) is 5.91 Å². The quantitative estimate of drug-likeness (QED) is 0.437. The lowest BCUT2D eigenvalue weighted by molar-refractivity contribution is -0.150. The fourth-order valence-electron chi connectivity index (χ4n) is 3.09. The van der Waals surface area contributed by atoms with E-state index < -0.39 is 34.9 Å². The molecule has 0 aromatic heterocycles. The van der Waals surface area contributed by atoms with Crippen LogP contribution in [0.5, 0.6) is 0 Å². The first kappa shape index (κ1) is 26.2. The summed E-state index contributed by atoms with van der Waals surface area (Å²) in [5, 5.41) is 11.7. The van der Waals surface area contributed by atoms with Crippen LogP contribution in [0.2, 0.25) is 0 Å². The number of carboxylic acid groups (broad SMARTS) is 1. The summed E-state index contributed by atoms with van der Waals surface area (Å²) >= 11 is 0. The topological polar surface area (TPSA) is 118 Å². The molecule has 2 unspecified atom stereocenters. The number of carbonyl (C=O) groups excluding carboxylic acids is 4. The van der Waals surface area contributed by atoms with Gasteiger partial charge in [0.2, 0.25) is 5.78 Å². The maximum atomic E-state index is 12.7. The molecule has 2 N–H and O–H groups in total. The van der Waals surface area contributed by atoms with Gasteiger partial charge in [-0.15, -0.1) is 0 Å². The lowest BCUT2D eigenvalue weighted by atomic mass is 9.82. The molecular weight excluding hydrogens is 398 g/mol. The Morgan fingerprint density at radius 2 is 1.65 bits per heavy atom. The van der Waals surface area contributed by atoms with E-state index in [2.05, 4.69) is 5.32 Å². The van der Waals surface area contributed by atoms with Gasteiger partial charge in [0.15, 0.2) is 5.78 Å². The molecule has 170 valence electrons. The molecule has 0 bridgehead atoms. The minimum absolute atomic E-state index is 0.0111. The number of carboxylic acids is 1. The highest BCUT2D eigenvalue weighted by atomic mass is 16.4. The molecule has 1 rings (SSSR count). The molecule has 0 radical (unpaired) electrons. The lowest BCUT2D eigenvalue weighted by Crippen LogP contribution is -2.49. The number of nitrogens with one attached hydrogen (secondary N) is 1. The van der Waals surface area contributed by atoms with Gasteiger partial charge in [-0.3, -0.25) is 24.0 Å². The van der Waals surface area contributed by atoms with Crippen molar-refractivity contribution in [3.8, 4) is 0 Å². The van der Waals surface area contributed by atoms with Gasteiger partial charge >= 0.3 is 5.97 Å². The van der Waals surface area contributed by atoms with E-state index in [1.807, 2.05) is 37.3 Å². The number of carbonyl (C=O) groups is 5. The standard InChI is InChI=1S/C24H33NO6/c1-5-16(2)21(20(28)15-24(3,4)23(30)31)25-22(29)19(27)13-9-12-18(26)14-17-10-7-6-8-11-17/h6-8,10-11,16,21H,5,9,12-15H2,1-4H3,(H,25,29)(H,30,31). The number of aliphatic carboxylic acids is 1. The Bertz CT molecular complexity index is 800. The third-order valence-corrected chi connectivity index (χ3v) is 5.40. The molecular formula is C24H33NO6. The van der Waals surface area contributed by atoms with Crippen LogP contribution in [0.4, 0.5) is 0 Å². The number of rotatable bonds is 14. The van der Waals surface area contributed by atoms with Gasteiger partial charge < -0.3 is 10.4 Å². The zero-order chi connectivity index (χ0) is 23.6. The highest BCUT2D eigenvalue weighted by Gasteiger charge is 2.35. The Balaban J connectivity index is 2.59. The molecule has 0 fully saturated rings. The van der Waals surface area contributed by atoms with Gasteiger partial charge in [-0.25, -0.2) is 0 Å². The van der Waals surface area contributed by atoms with Crippen molar-refractivity contribution < 1.29 is 29.1 Å². The second kappa shape index (κ2) is 12.1. The number of ketones is 3. The highest BCUT2D eigenvalue weighted by Crippen LogP contribution is 2.23. The lowest BCUT2D eigenvalue weighted by Gasteiger charge is -2.26. The van der Waals surface area contributed by atoms with Crippen LogP contribution in [0.3, 0.4) is 0 Å². The van der Waals surface area contributed by atoms with Crippen LogP contribution in [0, 0.1) is 11.3 Å². The van der Waals surface area contributed by atoms with E-state index >= 15 is 0 Å². The smallest absolute Gasteiger partial charge is 0.309 e. The van der Waals surface area contributed by atoms with Crippen molar-refractivity contribution in [2.75, 3.05) is 0 Å². The summed E-state index contributed by atoms with van der Waals surface area (Å²) in [5.74, 6) is -3.34. The fraction of sp³-hybridized carbons (Fsp3) is 0.542. The Hall–Kier alpha value is -2.83. The van der Waals surface area contributed by atoms with Gasteiger partial charge in [-0.1, -0.05) is 50.6 Å². The first-order valence-electron chi connectivity index (χ1n) is 10.6. The number of hydrogen-bond donors (Lipinski definition) is 2. The van der Waals surface area contributed by atoms with E-state index in [-0.39, 0.29) is 43.8 Å². The zero-order valence-corrected chi connectivity index (χ0v) is 18.8. The molecule has 0 spiro atoms. The molecule has 2 atom stereocenters. The van der Waals surface area contributed by atoms with E-state index in [0.717, 1.165) is 5.56 Å². The van der Waals surface area contributed by atoms with Crippen LogP contribution in [0.15, 0.2) is 30.3 Å². The Morgan fingerprint density at radius 1 is 1.03 bits per heavy atom. The molecule has 1 aromatic carbocycles. The summed E-state index contributed by atoms with van der Waals surface area (Å²) in [6.45, 7) is 6.50. The van der Waals surface area contributed by atoms with Crippen molar-refractivity contribution in [1.29, 1.82) is 0 Å². The first-order valence-corrected chi connectivity index (χ1v) is 10.6. The second-order valence-electron chi connectivity index (χ2n) is 8.65. The van der Waals surface area contributed by atoms with Gasteiger partial charge in [-0.05, 0) is 31.7 Å². The fourth-order valence-corrected chi connectivity index (χ4v) is 3.09. The number of amides is 1. The molecule has 7 nitrogen and oxygen atoms in total. The Kier molecular flexibility index (Phi) is 10.3. The SMILES string of the molecule is CCC(C)C(NC(=O)C(=O)CCCC(=O)Cc1ccccc1)C(=O)CC(C)(C)C(=O)O. The maximum absolute atomic E-state index is 12.7. The molecule has 1 aromatic rings. The van der Waals surface area contributed by atoms with Crippen LogP contribution >= 0.6 is 0 Å². The summed E-state index contributed by atoms with van der Waals surface area (Å²) in [5.41, 5.74) is -0.368. The van der Waals surface area contributed by atoms with E-state index in [9.17, 15) is 29.1 Å². The normalized spacial score (nSPS) is 13.2. The predicted molar refractivity (Wildman–Crippen MR) is 116 cm³/mol. The van der Waals surface area contributed by atoms with Gasteiger partial charge in [0.1, 0.15) is 5.78 Å². The van der Waals surface area contributed by atoms with Gasteiger partial charge in [0.05, 0.1) is 11.5 Å². The maximum Gasteiger partial charge on any atom is 0.309 e. The summed E-state index contributed by atoms with van der Waals surface area (Å²) < 4.78 is 0. The molecule has 0 saturated carbocycles. The number of benzene rings is 1. The van der Waals surface area contributed by atoms with E-state index in [4.69, 9.17) is 0 Å². The van der Waals surface area contributed by atoms with Crippen molar-refractivity contribution in [2.24, 2.45) is 11.3 Å². The number of hydrogen-bond acceptors (Lipinski definition) is 5. The van der Waals surface area contributed by atoms with Gasteiger partial charge in [-0.2, -0.15) is 0 Å². The van der Waals surface area contributed by atoms with Gasteiger partial charge in [0, 0.05) is 25.7 Å². The van der Waals surface area contributed by atoms with E-state index in [0.29, 0.717) is 6.42 Å². The molecule has 0 aliphatic carbocycles. The van der Waals surface area contributed by atoms with Crippen LogP contribution < -0.4 is 5.32 Å². The van der Waals surface area contributed by atoms with E-state index in [1.165, 1.54) is 13.8 Å². The Labute approximate surface area is 183 Å². The minimum Gasteiger partial charge on any atom is -0.481 e. The molecule has 0 aliphatic rings. The monoisotopic (exact) mass is 431 g/mol. The summed E-state index contributed by atoms with van der Waals surface area (Å²) in [4.78, 5) is 60.6. The molecule has 31 heavy (non-hydrogen) atoms. The van der Waals surface area contributed by atoms with Crippen molar-refractivity contribution >= 4 is 29.2 Å². The number of Topliss-reactive ketones (excluding diaryl/α,β-unsaturated/α-hetero) is 3. The van der Waals surface area contributed by atoms with Crippen LogP contribution in [-0.4, -0.2) is 40.4 Å². The minimum atomic E-state index is -1.27. The summed E-state index contributed by atoms with van der Waals surface area (Å²) in [6, 6.07) is 8.35. The van der Waals surface area contributed by atoms with Crippen LogP contribution in [0.25, 0.3) is 0 Å². The third kappa shape index (κ3) is 8.82. The van der Waals surface area contributed by atoms with Crippen molar-refractivity contribution in [3.05, 3.63) is 35.9 Å². The highest BCUT2D eigenvalue weighted by molar-refractivity contribution is 6.36. The largest absolute Gasteiger partial charge is 0.481 e. The average Bonchev–Trinajstić information content (AvgIpc) is 2.71. The van der Waals surface area contributed by atoms with Crippen LogP contribution in [-0.2, 0) is 30.4 Å². The zero-order valence-electron chi connectivity index (χ0n) is 18.8. The molecule has 0 saturated heterocycles. The van der Waals surface area contributed by atoms with Crippen molar-refractivity contribution in [1.82, 2.24) is 5.32 Å². The molecule has 0 heterocycles. The van der Waals surface area contributed by atoms with Crippen molar-refractivity contribution in [2.45, 2.75) is 72.3 Å². The van der Waals surface area contributed by atoms with Crippen LogP contribution in [0.1, 0.15) is 65.4 Å². The average molecular weight is 432 g/mol.